The van der Waals surface area contributed by atoms with E-state index in [9.17, 15) is 4.39 Å². The summed E-state index contributed by atoms with van der Waals surface area (Å²) in [5, 5.41) is 4.24. The van der Waals surface area contributed by atoms with Crippen LogP contribution in [-0.2, 0) is 6.54 Å². The maximum atomic E-state index is 14.1. The predicted molar refractivity (Wildman–Crippen MR) is 85.0 cm³/mol. The van der Waals surface area contributed by atoms with Crippen molar-refractivity contribution in [2.75, 3.05) is 13.1 Å². The highest BCUT2D eigenvalue weighted by Gasteiger charge is 2.41. The fourth-order valence-corrected chi connectivity index (χ4v) is 3.50. The lowest BCUT2D eigenvalue weighted by molar-refractivity contribution is 0.0361. The molecule has 3 rings (SSSR count). The van der Waals surface area contributed by atoms with Crippen molar-refractivity contribution >= 4 is 11.6 Å². The standard InChI is InChI=1S/C17H24ClFN2/c1-3-17(2)11-20-16(12-7-8-12)10-21(17)9-13-14(18)5-4-6-15(13)19/h4-6,12,16,20H,3,7-11H2,1-2H3. The van der Waals surface area contributed by atoms with Crippen molar-refractivity contribution in [2.24, 2.45) is 5.92 Å². The molecule has 0 radical (unpaired) electrons. The Kier molecular flexibility index (Phi) is 4.26. The van der Waals surface area contributed by atoms with Crippen LogP contribution < -0.4 is 5.32 Å². The monoisotopic (exact) mass is 310 g/mol. The average molecular weight is 311 g/mol. The van der Waals surface area contributed by atoms with Crippen LogP contribution in [0.4, 0.5) is 4.39 Å². The van der Waals surface area contributed by atoms with Gasteiger partial charge in [0.1, 0.15) is 5.82 Å². The minimum absolute atomic E-state index is 0.0665. The fourth-order valence-electron chi connectivity index (χ4n) is 3.28. The Hall–Kier alpha value is -0.640. The summed E-state index contributed by atoms with van der Waals surface area (Å²) in [5.74, 6) is 0.618. The molecule has 2 atom stereocenters. The molecule has 4 heteroatoms. The first kappa shape index (κ1) is 15.3. The van der Waals surface area contributed by atoms with Crippen molar-refractivity contribution < 1.29 is 4.39 Å². The van der Waals surface area contributed by atoms with E-state index in [0.717, 1.165) is 25.4 Å². The quantitative estimate of drug-likeness (QED) is 0.909. The minimum Gasteiger partial charge on any atom is -0.311 e. The molecule has 2 unspecified atom stereocenters. The van der Waals surface area contributed by atoms with E-state index in [1.54, 1.807) is 12.1 Å². The van der Waals surface area contributed by atoms with Gasteiger partial charge in [-0.3, -0.25) is 4.90 Å². The molecule has 0 spiro atoms. The summed E-state index contributed by atoms with van der Waals surface area (Å²) >= 11 is 6.21. The Morgan fingerprint density at radius 3 is 2.81 bits per heavy atom. The highest BCUT2D eigenvalue weighted by Crippen LogP contribution is 2.37. The van der Waals surface area contributed by atoms with E-state index in [-0.39, 0.29) is 11.4 Å². The number of rotatable bonds is 4. The lowest BCUT2D eigenvalue weighted by Gasteiger charge is -2.48. The van der Waals surface area contributed by atoms with Gasteiger partial charge in [0, 0.05) is 41.8 Å². The largest absolute Gasteiger partial charge is 0.311 e. The van der Waals surface area contributed by atoms with Crippen LogP contribution in [-0.4, -0.2) is 29.6 Å². The van der Waals surface area contributed by atoms with E-state index in [2.05, 4.69) is 24.1 Å². The molecule has 0 bridgehead atoms. The summed E-state index contributed by atoms with van der Waals surface area (Å²) in [6.45, 7) is 7.02. The summed E-state index contributed by atoms with van der Waals surface area (Å²) in [6.07, 6.45) is 3.70. The van der Waals surface area contributed by atoms with Crippen LogP contribution in [0.3, 0.4) is 0 Å². The topological polar surface area (TPSA) is 15.3 Å². The zero-order valence-corrected chi connectivity index (χ0v) is 13.6. The maximum Gasteiger partial charge on any atom is 0.129 e. The third kappa shape index (κ3) is 3.10. The van der Waals surface area contributed by atoms with Gasteiger partial charge in [-0.2, -0.15) is 0 Å². The Balaban J connectivity index is 1.82. The number of nitrogens with one attached hydrogen (secondary N) is 1. The lowest BCUT2D eigenvalue weighted by Crippen LogP contribution is -2.63. The Bertz CT molecular complexity index is 497. The van der Waals surface area contributed by atoms with Crippen LogP contribution in [0.15, 0.2) is 18.2 Å². The van der Waals surface area contributed by atoms with Crippen LogP contribution in [0.25, 0.3) is 0 Å². The first-order valence-electron chi connectivity index (χ1n) is 7.95. The Morgan fingerprint density at radius 1 is 1.43 bits per heavy atom. The Labute approximate surface area is 131 Å². The minimum atomic E-state index is -0.192. The van der Waals surface area contributed by atoms with Crippen LogP contribution in [0.2, 0.25) is 5.02 Å². The van der Waals surface area contributed by atoms with Gasteiger partial charge in [-0.25, -0.2) is 4.39 Å². The molecule has 2 fully saturated rings. The number of halogens is 2. The third-order valence-corrected chi connectivity index (χ3v) is 5.64. The second kappa shape index (κ2) is 5.86. The SMILES string of the molecule is CCC1(C)CNC(C2CC2)CN1Cc1c(F)cccc1Cl. The van der Waals surface area contributed by atoms with Crippen molar-refractivity contribution in [2.45, 2.75) is 51.2 Å². The molecule has 2 nitrogen and oxygen atoms in total. The number of benzene rings is 1. The summed E-state index contributed by atoms with van der Waals surface area (Å²) < 4.78 is 14.1. The molecule has 21 heavy (non-hydrogen) atoms. The molecular formula is C17H24ClFN2. The van der Waals surface area contributed by atoms with Gasteiger partial charge in [0.2, 0.25) is 0 Å². The van der Waals surface area contributed by atoms with E-state index >= 15 is 0 Å². The summed E-state index contributed by atoms with van der Waals surface area (Å²) in [5.41, 5.74) is 0.701. The normalized spacial score (nSPS) is 30.6. The van der Waals surface area contributed by atoms with Gasteiger partial charge in [0.05, 0.1) is 0 Å². The number of hydrogen-bond donors (Lipinski definition) is 1. The van der Waals surface area contributed by atoms with Gasteiger partial charge < -0.3 is 5.32 Å². The summed E-state index contributed by atoms with van der Waals surface area (Å²) in [4.78, 5) is 2.43. The van der Waals surface area contributed by atoms with Crippen molar-refractivity contribution in [1.82, 2.24) is 10.2 Å². The van der Waals surface area contributed by atoms with Gasteiger partial charge in [0.15, 0.2) is 0 Å². The van der Waals surface area contributed by atoms with Crippen LogP contribution in [0.5, 0.6) is 0 Å². The van der Waals surface area contributed by atoms with E-state index in [0.29, 0.717) is 23.2 Å². The first-order valence-corrected chi connectivity index (χ1v) is 8.32. The predicted octanol–water partition coefficient (Wildman–Crippen LogP) is 3.83. The van der Waals surface area contributed by atoms with Crippen molar-refractivity contribution in [3.63, 3.8) is 0 Å². The fraction of sp³-hybridized carbons (Fsp3) is 0.647. The molecule has 1 N–H and O–H groups in total. The van der Waals surface area contributed by atoms with E-state index in [4.69, 9.17) is 11.6 Å². The molecule has 0 aromatic heterocycles. The van der Waals surface area contributed by atoms with Crippen molar-refractivity contribution in [3.8, 4) is 0 Å². The second-order valence-corrected chi connectivity index (χ2v) is 7.16. The molecule has 1 aromatic carbocycles. The highest BCUT2D eigenvalue weighted by molar-refractivity contribution is 6.31. The molecule has 1 saturated carbocycles. The van der Waals surface area contributed by atoms with E-state index in [1.807, 2.05) is 0 Å². The zero-order chi connectivity index (χ0) is 15.0. The average Bonchev–Trinajstić information content (AvgIpc) is 3.29. The maximum absolute atomic E-state index is 14.1. The van der Waals surface area contributed by atoms with E-state index in [1.165, 1.54) is 18.9 Å². The molecule has 116 valence electrons. The van der Waals surface area contributed by atoms with Crippen LogP contribution >= 0.6 is 11.6 Å². The van der Waals surface area contributed by atoms with Gasteiger partial charge in [-0.05, 0) is 44.2 Å². The molecule has 2 aliphatic rings. The smallest absolute Gasteiger partial charge is 0.129 e. The van der Waals surface area contributed by atoms with E-state index < -0.39 is 0 Å². The molecule has 1 aliphatic carbocycles. The van der Waals surface area contributed by atoms with Gasteiger partial charge >= 0.3 is 0 Å². The number of nitrogens with zero attached hydrogens (tertiary/aromatic N) is 1. The molecule has 1 aliphatic heterocycles. The van der Waals surface area contributed by atoms with Crippen molar-refractivity contribution in [3.05, 3.63) is 34.6 Å². The first-order chi connectivity index (χ1) is 10.0. The van der Waals surface area contributed by atoms with Crippen LogP contribution in [0.1, 0.15) is 38.7 Å². The second-order valence-electron chi connectivity index (χ2n) is 6.76. The summed E-state index contributed by atoms with van der Waals surface area (Å²) in [7, 11) is 0. The highest BCUT2D eigenvalue weighted by atomic mass is 35.5. The molecule has 0 amide bonds. The number of hydrogen-bond acceptors (Lipinski definition) is 2. The molecular weight excluding hydrogens is 287 g/mol. The van der Waals surface area contributed by atoms with Gasteiger partial charge in [-0.15, -0.1) is 0 Å². The summed E-state index contributed by atoms with van der Waals surface area (Å²) in [6, 6.07) is 5.51. The van der Waals surface area contributed by atoms with Gasteiger partial charge in [0.25, 0.3) is 0 Å². The van der Waals surface area contributed by atoms with Crippen molar-refractivity contribution in [1.29, 1.82) is 0 Å². The molecule has 1 saturated heterocycles. The molecule has 1 heterocycles. The third-order valence-electron chi connectivity index (χ3n) is 5.29. The van der Waals surface area contributed by atoms with Crippen LogP contribution in [0, 0.1) is 11.7 Å². The number of piperazine rings is 1. The zero-order valence-electron chi connectivity index (χ0n) is 12.8. The lowest BCUT2D eigenvalue weighted by atomic mass is 9.90. The van der Waals surface area contributed by atoms with Gasteiger partial charge in [-0.1, -0.05) is 24.6 Å². The Morgan fingerprint density at radius 2 is 2.19 bits per heavy atom. The molecule has 1 aromatic rings.